The Labute approximate surface area is 278 Å². The fraction of sp³-hybridized carbons (Fsp3) is 0. The van der Waals surface area contributed by atoms with Crippen molar-refractivity contribution in [1.29, 1.82) is 31.6 Å². The molecule has 0 amide bonds. The van der Waals surface area contributed by atoms with Crippen molar-refractivity contribution >= 4 is 28.2 Å². The normalized spacial score (nSPS) is 14.1. The summed E-state index contributed by atoms with van der Waals surface area (Å²) in [4.78, 5) is 7.86. The van der Waals surface area contributed by atoms with Crippen LogP contribution in [0.1, 0.15) is 38.9 Å². The van der Waals surface area contributed by atoms with E-state index in [0.717, 1.165) is 36.4 Å². The van der Waals surface area contributed by atoms with E-state index in [9.17, 15) is 34.2 Å². The zero-order chi connectivity index (χ0) is 38.2. The average molecular weight is 693 g/mol. The van der Waals surface area contributed by atoms with Crippen molar-refractivity contribution in [3.63, 3.8) is 0 Å². The van der Waals surface area contributed by atoms with E-state index >= 15 is 26.3 Å². The smallest absolute Gasteiger partial charge is 0.235 e. The van der Waals surface area contributed by atoms with Crippen LogP contribution in [0.2, 0.25) is 0 Å². The number of benzene rings is 3. The molecular formula is C33F9N9. The molecule has 0 atom stereocenters. The fourth-order valence-electron chi connectivity index (χ4n) is 4.86. The van der Waals surface area contributed by atoms with Gasteiger partial charge in [-0.25, -0.2) is 54.0 Å². The molecule has 1 saturated carbocycles. The quantitative estimate of drug-likeness (QED) is 0.117. The van der Waals surface area contributed by atoms with E-state index in [1.807, 2.05) is 0 Å². The third-order valence-electron chi connectivity index (χ3n) is 7.08. The SMILES string of the molecule is [C-]#[N+]/C(=C1/C(=C(\C#N)c2c(F)c(F)c(C#N)c(C#N)c2F)/C1=C(\C#N)c1c(F)c(F)c([N+]#[C-])c([N+]#[C-])c1F)c1c(F)c(F)c(C#N)c(C#N)c1F. The average Bonchev–Trinajstić information content (AvgIpc) is 3.84. The molecule has 0 aromatic heterocycles. The summed E-state index contributed by atoms with van der Waals surface area (Å²) in [5.74, 6) is -20.2. The first kappa shape index (κ1) is 35.5. The fourth-order valence-corrected chi connectivity index (χ4v) is 4.86. The molecule has 0 aliphatic heterocycles. The van der Waals surface area contributed by atoms with E-state index in [1.165, 1.54) is 0 Å². The van der Waals surface area contributed by atoms with Crippen LogP contribution in [-0.2, 0) is 0 Å². The highest BCUT2D eigenvalue weighted by Gasteiger charge is 2.46. The van der Waals surface area contributed by atoms with Gasteiger partial charge in [0, 0.05) is 0 Å². The molecule has 0 N–H and O–H groups in total. The van der Waals surface area contributed by atoms with Crippen molar-refractivity contribution in [2.24, 2.45) is 0 Å². The van der Waals surface area contributed by atoms with Gasteiger partial charge in [-0.15, -0.1) is 0 Å². The van der Waals surface area contributed by atoms with Gasteiger partial charge in [-0.2, -0.15) is 31.6 Å². The van der Waals surface area contributed by atoms with Crippen molar-refractivity contribution in [2.75, 3.05) is 0 Å². The minimum absolute atomic E-state index is 1.01. The van der Waals surface area contributed by atoms with Gasteiger partial charge in [0.1, 0.15) is 70.3 Å². The molecule has 3 aromatic rings. The van der Waals surface area contributed by atoms with Gasteiger partial charge < -0.3 is 0 Å². The second-order valence-corrected chi connectivity index (χ2v) is 9.38. The Hall–Kier alpha value is -8.34. The first-order chi connectivity index (χ1) is 24.2. The summed E-state index contributed by atoms with van der Waals surface area (Å²) in [6.45, 7) is 21.7. The van der Waals surface area contributed by atoms with Crippen LogP contribution in [0.15, 0.2) is 16.7 Å². The van der Waals surface area contributed by atoms with Gasteiger partial charge in [-0.1, -0.05) is 0 Å². The van der Waals surface area contributed by atoms with Gasteiger partial charge in [-0.3, -0.25) is 0 Å². The highest BCUT2D eigenvalue weighted by Crippen LogP contribution is 2.58. The summed E-state index contributed by atoms with van der Waals surface area (Å²) in [5.41, 5.74) is -23.1. The van der Waals surface area contributed by atoms with Crippen molar-refractivity contribution in [1.82, 2.24) is 0 Å². The van der Waals surface area contributed by atoms with Gasteiger partial charge in [0.15, 0.2) is 40.7 Å². The van der Waals surface area contributed by atoms with Crippen LogP contribution in [0.5, 0.6) is 0 Å². The van der Waals surface area contributed by atoms with E-state index in [1.54, 1.807) is 0 Å². The monoisotopic (exact) mass is 693 g/mol. The number of hydrogen-bond acceptors (Lipinski definition) is 6. The minimum atomic E-state index is -2.38. The topological polar surface area (TPSA) is 156 Å². The van der Waals surface area contributed by atoms with E-state index in [-0.39, 0.29) is 0 Å². The van der Waals surface area contributed by atoms with Crippen molar-refractivity contribution in [2.45, 2.75) is 0 Å². The summed E-state index contributed by atoms with van der Waals surface area (Å²) >= 11 is 0. The van der Waals surface area contributed by atoms with Crippen LogP contribution < -0.4 is 0 Å². The molecule has 1 aliphatic rings. The Kier molecular flexibility index (Phi) is 9.08. The van der Waals surface area contributed by atoms with Crippen molar-refractivity contribution in [3.8, 4) is 36.4 Å². The summed E-state index contributed by atoms with van der Waals surface area (Å²) in [5, 5.41) is 57.0. The molecule has 1 aliphatic carbocycles. The summed E-state index contributed by atoms with van der Waals surface area (Å²) in [7, 11) is 0. The Balaban J connectivity index is 2.43. The summed E-state index contributed by atoms with van der Waals surface area (Å²) in [6, 6.07) is 6.33. The molecule has 0 spiro atoms. The zero-order valence-electron chi connectivity index (χ0n) is 23.9. The lowest BCUT2D eigenvalue weighted by atomic mass is 9.96. The number of allylic oxidation sites excluding steroid dienone is 5. The van der Waals surface area contributed by atoms with Gasteiger partial charge in [0.05, 0.1) is 47.6 Å². The third-order valence-corrected chi connectivity index (χ3v) is 7.08. The summed E-state index contributed by atoms with van der Waals surface area (Å²) in [6.07, 6.45) is 0. The maximum atomic E-state index is 15.6. The number of nitrogens with zero attached hydrogens (tertiary/aromatic N) is 9. The molecule has 0 radical (unpaired) electrons. The lowest BCUT2D eigenvalue weighted by molar-refractivity contribution is 0.488. The Morgan fingerprint density at radius 2 is 0.745 bits per heavy atom. The van der Waals surface area contributed by atoms with E-state index in [4.69, 9.17) is 30.2 Å². The molecule has 0 bridgehead atoms. The van der Waals surface area contributed by atoms with Crippen LogP contribution in [0.4, 0.5) is 50.9 Å². The lowest BCUT2D eigenvalue weighted by Crippen LogP contribution is -2.06. The first-order valence-corrected chi connectivity index (χ1v) is 12.6. The second-order valence-electron chi connectivity index (χ2n) is 9.38. The predicted molar refractivity (Wildman–Crippen MR) is 149 cm³/mol. The molecule has 9 nitrogen and oxygen atoms in total. The maximum Gasteiger partial charge on any atom is 0.235 e. The molecule has 3 aromatic carbocycles. The van der Waals surface area contributed by atoms with Crippen LogP contribution in [-0.4, -0.2) is 0 Å². The second kappa shape index (κ2) is 13.0. The molecule has 0 unspecified atom stereocenters. The van der Waals surface area contributed by atoms with Gasteiger partial charge in [0.25, 0.3) is 0 Å². The number of halogens is 9. The van der Waals surface area contributed by atoms with Crippen molar-refractivity contribution < 1.29 is 39.5 Å². The van der Waals surface area contributed by atoms with E-state index < -0.39 is 136 Å². The molecule has 0 saturated heterocycles. The van der Waals surface area contributed by atoms with Gasteiger partial charge in [0.2, 0.25) is 17.1 Å². The minimum Gasteiger partial charge on any atom is -0.247 e. The molecule has 0 heterocycles. The molecular weight excluding hydrogens is 693 g/mol. The highest BCUT2D eigenvalue weighted by atomic mass is 19.2. The summed E-state index contributed by atoms with van der Waals surface area (Å²) < 4.78 is 138. The third kappa shape index (κ3) is 4.90. The van der Waals surface area contributed by atoms with Crippen LogP contribution in [0, 0.1) is 140 Å². The highest BCUT2D eigenvalue weighted by molar-refractivity contribution is 6.11. The Bertz CT molecular complexity index is 2420. The largest absolute Gasteiger partial charge is 0.247 e. The molecule has 18 heteroatoms. The van der Waals surface area contributed by atoms with Gasteiger partial charge >= 0.3 is 0 Å². The molecule has 1 fully saturated rings. The first-order valence-electron chi connectivity index (χ1n) is 12.6. The number of nitriles is 6. The predicted octanol–water partition coefficient (Wildman–Crippen LogP) is 8.13. The van der Waals surface area contributed by atoms with E-state index in [0.29, 0.717) is 0 Å². The molecule has 4 rings (SSSR count). The molecule has 240 valence electrons. The van der Waals surface area contributed by atoms with Crippen LogP contribution in [0.3, 0.4) is 0 Å². The Morgan fingerprint density at radius 3 is 1.12 bits per heavy atom. The molecule has 51 heavy (non-hydrogen) atoms. The van der Waals surface area contributed by atoms with Crippen molar-refractivity contribution in [3.05, 3.63) is 142 Å². The van der Waals surface area contributed by atoms with Gasteiger partial charge in [-0.05, 0) is 16.7 Å². The lowest BCUT2D eigenvalue weighted by Gasteiger charge is -2.09. The van der Waals surface area contributed by atoms with Crippen LogP contribution in [0.25, 0.3) is 31.4 Å². The van der Waals surface area contributed by atoms with Crippen LogP contribution >= 0.6 is 0 Å². The standard InChI is InChI=1S/C33F9N9/c1-49-31(21-23(35)11(5-44)13(7-46)25(37)28(21)40)20-16(14(8-47)18-22(34)10(4-43)12(6-45)24(36)26(18)38)17(20)15(9-48)19-27(39)30(42)33(51-3)32(50-2)29(19)41/b16-14+,17-15-,31-20-. The number of rotatable bonds is 3. The number of hydrogen-bond donors (Lipinski definition) is 0. The van der Waals surface area contributed by atoms with E-state index in [2.05, 4.69) is 14.5 Å². The maximum absolute atomic E-state index is 15.6. The zero-order valence-corrected chi connectivity index (χ0v) is 23.9. The Morgan fingerprint density at radius 1 is 0.412 bits per heavy atom.